The van der Waals surface area contributed by atoms with Crippen molar-refractivity contribution in [1.82, 2.24) is 9.55 Å². The van der Waals surface area contributed by atoms with E-state index in [2.05, 4.69) is 36.1 Å². The average Bonchev–Trinajstić information content (AvgIpc) is 2.74. The van der Waals surface area contributed by atoms with Crippen molar-refractivity contribution in [2.24, 2.45) is 0 Å². The number of hydrogen-bond donors (Lipinski definition) is 3. The minimum Gasteiger partial charge on any atom is -0.481 e. The Morgan fingerprint density at radius 2 is 1.93 bits per heavy atom. The number of pyridine rings is 2. The van der Waals surface area contributed by atoms with E-state index in [9.17, 15) is 9.59 Å². The molecule has 0 atom stereocenters. The molecule has 0 saturated carbocycles. The molecule has 1 aromatic carbocycles. The summed E-state index contributed by atoms with van der Waals surface area (Å²) in [5.74, 6) is -0.314. The van der Waals surface area contributed by atoms with Crippen molar-refractivity contribution in [3.63, 3.8) is 0 Å². The molecule has 0 aliphatic rings. The molecule has 0 spiro atoms. The standard InChI is InChI=1S/C20H17N3O.C2H4O2S/c1-3-8-15(4-2)22-20-13-19(24)17-14-21-12-11-18(17)23(20)16-9-6-5-7-10-16;3-2(4)1-5/h3-14,22H,1-2H2;5H,1H2,(H,3,4)/b15-8+;. The lowest BCUT2D eigenvalue weighted by atomic mass is 10.2. The number of para-hydroxylation sites is 1. The minimum atomic E-state index is -0.881. The van der Waals surface area contributed by atoms with E-state index >= 15 is 0 Å². The molecule has 2 aromatic heterocycles. The molecule has 0 aliphatic heterocycles. The van der Waals surface area contributed by atoms with Crippen LogP contribution in [0.2, 0.25) is 0 Å². The summed E-state index contributed by atoms with van der Waals surface area (Å²) in [4.78, 5) is 25.8. The number of anilines is 1. The molecular formula is C22H21N3O3S. The number of benzene rings is 1. The lowest BCUT2D eigenvalue weighted by molar-refractivity contribution is -0.133. The van der Waals surface area contributed by atoms with Crippen LogP contribution < -0.4 is 10.7 Å². The van der Waals surface area contributed by atoms with Crippen molar-refractivity contribution in [3.8, 4) is 5.69 Å². The highest BCUT2D eigenvalue weighted by Crippen LogP contribution is 2.23. The van der Waals surface area contributed by atoms with Crippen molar-refractivity contribution < 1.29 is 9.90 Å². The third kappa shape index (κ3) is 5.70. The fraction of sp³-hybridized carbons (Fsp3) is 0.0455. The second-order valence-electron chi connectivity index (χ2n) is 5.70. The number of allylic oxidation sites excluding steroid dienone is 3. The van der Waals surface area contributed by atoms with Gasteiger partial charge in [0, 0.05) is 29.8 Å². The molecular weight excluding hydrogens is 386 g/mol. The quantitative estimate of drug-likeness (QED) is 0.424. The fourth-order valence-electron chi connectivity index (χ4n) is 2.55. The van der Waals surface area contributed by atoms with E-state index in [1.807, 2.05) is 41.0 Å². The van der Waals surface area contributed by atoms with Crippen molar-refractivity contribution in [2.75, 3.05) is 11.1 Å². The maximum atomic E-state index is 12.5. The predicted molar refractivity (Wildman–Crippen MR) is 121 cm³/mol. The van der Waals surface area contributed by atoms with Crippen LogP contribution in [0.1, 0.15) is 0 Å². The van der Waals surface area contributed by atoms with Crippen LogP contribution in [-0.4, -0.2) is 26.4 Å². The summed E-state index contributed by atoms with van der Waals surface area (Å²) in [5, 5.41) is 11.5. The Labute approximate surface area is 173 Å². The van der Waals surface area contributed by atoms with Gasteiger partial charge in [-0.1, -0.05) is 37.4 Å². The smallest absolute Gasteiger partial charge is 0.313 e. The number of carboxylic acid groups (broad SMARTS) is 1. The number of nitrogens with zero attached hydrogens (tertiary/aromatic N) is 2. The molecule has 0 bridgehead atoms. The Bertz CT molecular complexity index is 1110. The van der Waals surface area contributed by atoms with Gasteiger partial charge < -0.3 is 10.4 Å². The second-order valence-corrected chi connectivity index (χ2v) is 6.01. The average molecular weight is 407 g/mol. The van der Waals surface area contributed by atoms with Gasteiger partial charge in [0.25, 0.3) is 0 Å². The Hall–Kier alpha value is -3.58. The van der Waals surface area contributed by atoms with Gasteiger partial charge >= 0.3 is 5.97 Å². The number of carboxylic acids is 1. The number of fused-ring (bicyclic) bond motifs is 1. The lowest BCUT2D eigenvalue weighted by Crippen LogP contribution is -2.14. The van der Waals surface area contributed by atoms with Crippen LogP contribution in [0.25, 0.3) is 16.6 Å². The summed E-state index contributed by atoms with van der Waals surface area (Å²) in [5.41, 5.74) is 2.39. The van der Waals surface area contributed by atoms with Crippen molar-refractivity contribution in [1.29, 1.82) is 0 Å². The molecule has 7 heteroatoms. The van der Waals surface area contributed by atoms with Gasteiger partial charge in [-0.2, -0.15) is 12.6 Å². The maximum absolute atomic E-state index is 12.5. The Balaban J connectivity index is 0.000000537. The van der Waals surface area contributed by atoms with Gasteiger partial charge in [0.05, 0.1) is 16.7 Å². The van der Waals surface area contributed by atoms with Crippen LogP contribution in [0.15, 0.2) is 96.7 Å². The maximum Gasteiger partial charge on any atom is 0.313 e. The molecule has 2 heterocycles. The van der Waals surface area contributed by atoms with Gasteiger partial charge in [-0.25, -0.2) is 0 Å². The fourth-order valence-corrected chi connectivity index (χ4v) is 2.55. The van der Waals surface area contributed by atoms with Gasteiger partial charge in [-0.05, 0) is 30.4 Å². The summed E-state index contributed by atoms with van der Waals surface area (Å²) >= 11 is 3.42. The molecule has 0 radical (unpaired) electrons. The first kappa shape index (κ1) is 21.7. The summed E-state index contributed by atoms with van der Waals surface area (Å²) in [7, 11) is 0. The molecule has 2 N–H and O–H groups in total. The molecule has 0 unspecified atom stereocenters. The summed E-state index contributed by atoms with van der Waals surface area (Å²) in [6.45, 7) is 7.48. The number of hydrogen-bond acceptors (Lipinski definition) is 5. The number of nitrogens with one attached hydrogen (secondary N) is 1. The zero-order valence-electron chi connectivity index (χ0n) is 15.7. The Morgan fingerprint density at radius 3 is 2.52 bits per heavy atom. The van der Waals surface area contributed by atoms with Crippen molar-refractivity contribution >= 4 is 35.3 Å². The van der Waals surface area contributed by atoms with Gasteiger partial charge in [0.2, 0.25) is 0 Å². The van der Waals surface area contributed by atoms with E-state index in [1.165, 1.54) is 0 Å². The number of aromatic nitrogens is 2. The molecule has 0 amide bonds. The molecule has 0 aliphatic carbocycles. The molecule has 0 saturated heterocycles. The first-order chi connectivity index (χ1) is 14.0. The minimum absolute atomic E-state index is 0.0833. The second kappa shape index (κ2) is 10.7. The first-order valence-electron chi connectivity index (χ1n) is 8.61. The Kier molecular flexibility index (Phi) is 8.00. The van der Waals surface area contributed by atoms with E-state index < -0.39 is 5.97 Å². The van der Waals surface area contributed by atoms with E-state index in [-0.39, 0.29) is 11.2 Å². The third-order valence-corrected chi connectivity index (χ3v) is 4.02. The molecule has 29 heavy (non-hydrogen) atoms. The summed E-state index contributed by atoms with van der Waals surface area (Å²) in [6, 6.07) is 13.2. The Morgan fingerprint density at radius 1 is 1.24 bits per heavy atom. The largest absolute Gasteiger partial charge is 0.481 e. The van der Waals surface area contributed by atoms with Gasteiger partial charge in [0.15, 0.2) is 5.43 Å². The number of thiol groups is 1. The molecule has 3 rings (SSSR count). The molecule has 6 nitrogen and oxygen atoms in total. The topological polar surface area (TPSA) is 84.2 Å². The predicted octanol–water partition coefficient (Wildman–Crippen LogP) is 4.05. The van der Waals surface area contributed by atoms with E-state index in [0.29, 0.717) is 11.2 Å². The monoisotopic (exact) mass is 407 g/mol. The number of aliphatic carboxylic acids is 1. The molecule has 3 aromatic rings. The van der Waals surface area contributed by atoms with Gasteiger partial charge in [-0.15, -0.1) is 0 Å². The normalized spacial score (nSPS) is 10.6. The van der Waals surface area contributed by atoms with E-state index in [0.717, 1.165) is 16.9 Å². The van der Waals surface area contributed by atoms with Crippen LogP contribution in [0, 0.1) is 0 Å². The van der Waals surface area contributed by atoms with Crippen molar-refractivity contribution in [2.45, 2.75) is 0 Å². The van der Waals surface area contributed by atoms with Crippen LogP contribution in [0.3, 0.4) is 0 Å². The highest BCUT2D eigenvalue weighted by Gasteiger charge is 2.11. The van der Waals surface area contributed by atoms with Crippen LogP contribution in [0.5, 0.6) is 0 Å². The van der Waals surface area contributed by atoms with Gasteiger partial charge in [0.1, 0.15) is 5.82 Å². The zero-order valence-corrected chi connectivity index (χ0v) is 16.5. The van der Waals surface area contributed by atoms with Crippen LogP contribution >= 0.6 is 12.6 Å². The summed E-state index contributed by atoms with van der Waals surface area (Å²) < 4.78 is 1.98. The van der Waals surface area contributed by atoms with Gasteiger partial charge in [-0.3, -0.25) is 19.1 Å². The van der Waals surface area contributed by atoms with E-state index in [1.54, 1.807) is 36.7 Å². The summed E-state index contributed by atoms with van der Waals surface area (Å²) in [6.07, 6.45) is 8.41. The first-order valence-corrected chi connectivity index (χ1v) is 9.25. The third-order valence-electron chi connectivity index (χ3n) is 3.75. The molecule has 0 fully saturated rings. The highest BCUT2D eigenvalue weighted by molar-refractivity contribution is 7.81. The molecule has 148 valence electrons. The van der Waals surface area contributed by atoms with Crippen LogP contribution in [-0.2, 0) is 4.79 Å². The SMILES string of the molecule is C=C/C=C(\C=C)Nc1cc(=O)c2cnccc2n1-c1ccccc1.O=C(O)CS. The van der Waals surface area contributed by atoms with Crippen molar-refractivity contribution in [3.05, 3.63) is 102 Å². The number of carbonyl (C=O) groups is 1. The highest BCUT2D eigenvalue weighted by atomic mass is 32.1. The van der Waals surface area contributed by atoms with Crippen LogP contribution in [0.4, 0.5) is 5.82 Å². The number of rotatable bonds is 6. The zero-order chi connectivity index (χ0) is 21.2. The lowest BCUT2D eigenvalue weighted by Gasteiger charge is -2.18. The van der Waals surface area contributed by atoms with E-state index in [4.69, 9.17) is 5.11 Å².